The molecule has 8 aromatic rings. The van der Waals surface area contributed by atoms with Crippen LogP contribution in [0.4, 0.5) is 0 Å². The minimum atomic E-state index is 0.518. The fourth-order valence-electron chi connectivity index (χ4n) is 7.03. The van der Waals surface area contributed by atoms with Crippen LogP contribution in [-0.2, 0) is 13.2 Å². The average Bonchev–Trinajstić information content (AvgIpc) is 3.02. The molecule has 2 heteroatoms. The first-order valence-corrected chi connectivity index (χ1v) is 15.4. The summed E-state index contributed by atoms with van der Waals surface area (Å²) in [6, 6.07) is 39.6. The van der Waals surface area contributed by atoms with Gasteiger partial charge < -0.3 is 9.47 Å². The van der Waals surface area contributed by atoms with E-state index in [2.05, 4.69) is 137 Å². The second-order valence-electron chi connectivity index (χ2n) is 12.4. The Kier molecular flexibility index (Phi) is 6.20. The van der Waals surface area contributed by atoms with Gasteiger partial charge in [-0.2, -0.15) is 0 Å². The van der Waals surface area contributed by atoms with Crippen LogP contribution in [0.25, 0.3) is 53.9 Å². The number of benzene rings is 8. The summed E-state index contributed by atoms with van der Waals surface area (Å²) < 4.78 is 13.4. The summed E-state index contributed by atoms with van der Waals surface area (Å²) in [7, 11) is 0. The maximum atomic E-state index is 6.69. The van der Waals surface area contributed by atoms with E-state index in [1.165, 1.54) is 87.2 Å². The lowest BCUT2D eigenvalue weighted by Crippen LogP contribution is -2.00. The minimum Gasteiger partial charge on any atom is -0.488 e. The van der Waals surface area contributed by atoms with Crippen LogP contribution in [0.5, 0.6) is 11.5 Å². The Labute approximate surface area is 257 Å². The molecule has 0 radical (unpaired) electrons. The van der Waals surface area contributed by atoms with Crippen LogP contribution < -0.4 is 9.47 Å². The number of aryl methyl sites for hydroxylation is 4. The van der Waals surface area contributed by atoms with E-state index in [0.717, 1.165) is 11.5 Å². The van der Waals surface area contributed by atoms with Crippen molar-refractivity contribution in [3.05, 3.63) is 143 Å². The molecule has 0 aliphatic rings. The van der Waals surface area contributed by atoms with Gasteiger partial charge in [0.1, 0.15) is 24.7 Å². The highest BCUT2D eigenvalue weighted by Crippen LogP contribution is 2.50. The van der Waals surface area contributed by atoms with Crippen molar-refractivity contribution in [1.29, 1.82) is 0 Å². The zero-order chi connectivity index (χ0) is 29.9. The van der Waals surface area contributed by atoms with Gasteiger partial charge in [-0.15, -0.1) is 0 Å². The Bertz CT molecular complexity index is 2210. The molecule has 0 saturated heterocycles. The molecule has 0 atom stereocenters. The molecule has 0 spiro atoms. The molecule has 0 saturated carbocycles. The van der Waals surface area contributed by atoms with Crippen molar-refractivity contribution in [1.82, 2.24) is 0 Å². The molecule has 0 aliphatic heterocycles. The van der Waals surface area contributed by atoms with Gasteiger partial charge in [-0.1, -0.05) is 119 Å². The van der Waals surface area contributed by atoms with Crippen molar-refractivity contribution in [3.8, 4) is 11.5 Å². The molecular weight excluding hydrogens is 536 g/mol. The highest BCUT2D eigenvalue weighted by molar-refractivity contribution is 6.41. The molecule has 8 aromatic carbocycles. The van der Waals surface area contributed by atoms with Crippen LogP contribution in [0.1, 0.15) is 33.4 Å². The number of fused-ring (bicyclic) bond motifs is 6. The second kappa shape index (κ2) is 10.3. The van der Waals surface area contributed by atoms with Crippen molar-refractivity contribution in [2.24, 2.45) is 0 Å². The fraction of sp³-hybridized carbons (Fsp3) is 0.143. The second-order valence-corrected chi connectivity index (χ2v) is 12.4. The molecule has 214 valence electrons. The van der Waals surface area contributed by atoms with Crippen molar-refractivity contribution in [2.45, 2.75) is 40.9 Å². The predicted molar refractivity (Wildman–Crippen MR) is 186 cm³/mol. The first-order valence-electron chi connectivity index (χ1n) is 15.4. The molecule has 8 rings (SSSR count). The van der Waals surface area contributed by atoms with Crippen LogP contribution in [0.2, 0.25) is 0 Å². The molecule has 0 amide bonds. The number of ether oxygens (including phenoxy) is 2. The summed E-state index contributed by atoms with van der Waals surface area (Å²) in [5.41, 5.74) is 7.30. The lowest BCUT2D eigenvalue weighted by molar-refractivity contribution is 0.310. The molecule has 0 aliphatic carbocycles. The summed E-state index contributed by atoms with van der Waals surface area (Å²) in [5, 5.41) is 12.2. The minimum absolute atomic E-state index is 0.518. The quantitative estimate of drug-likeness (QED) is 0.146. The highest BCUT2D eigenvalue weighted by atomic mass is 16.5. The summed E-state index contributed by atoms with van der Waals surface area (Å²) in [4.78, 5) is 0. The molecule has 0 bridgehead atoms. The normalized spacial score (nSPS) is 11.8. The number of rotatable bonds is 6. The summed E-state index contributed by atoms with van der Waals surface area (Å²) >= 11 is 0. The smallest absolute Gasteiger partial charge is 0.128 e. The maximum Gasteiger partial charge on any atom is 0.128 e. The van der Waals surface area contributed by atoms with Crippen LogP contribution in [0.3, 0.4) is 0 Å². The predicted octanol–water partition coefficient (Wildman–Crippen LogP) is 11.3. The van der Waals surface area contributed by atoms with E-state index < -0.39 is 0 Å². The summed E-state index contributed by atoms with van der Waals surface area (Å²) in [6.45, 7) is 9.63. The van der Waals surface area contributed by atoms with Gasteiger partial charge in [-0.05, 0) is 83.3 Å². The Morgan fingerprint density at radius 2 is 0.750 bits per heavy atom. The van der Waals surface area contributed by atoms with Gasteiger partial charge in [-0.3, -0.25) is 0 Å². The lowest BCUT2D eigenvalue weighted by atomic mass is 9.85. The molecule has 0 fully saturated rings. The van der Waals surface area contributed by atoms with Gasteiger partial charge in [0.25, 0.3) is 0 Å². The Morgan fingerprint density at radius 3 is 1.18 bits per heavy atom. The highest BCUT2D eigenvalue weighted by Gasteiger charge is 2.22. The first kappa shape index (κ1) is 26.5. The van der Waals surface area contributed by atoms with Gasteiger partial charge in [0, 0.05) is 21.5 Å². The van der Waals surface area contributed by atoms with Crippen LogP contribution in [0, 0.1) is 27.7 Å². The van der Waals surface area contributed by atoms with Crippen LogP contribution in [-0.4, -0.2) is 0 Å². The Hall–Kier alpha value is -5.08. The molecule has 2 nitrogen and oxygen atoms in total. The molecule has 0 unspecified atom stereocenters. The van der Waals surface area contributed by atoms with Crippen molar-refractivity contribution >= 4 is 53.9 Å². The van der Waals surface area contributed by atoms with Crippen molar-refractivity contribution in [2.75, 3.05) is 0 Å². The van der Waals surface area contributed by atoms with E-state index in [1.54, 1.807) is 0 Å². The molecule has 44 heavy (non-hydrogen) atoms. The lowest BCUT2D eigenvalue weighted by Gasteiger charge is -2.22. The van der Waals surface area contributed by atoms with Crippen molar-refractivity contribution < 1.29 is 9.47 Å². The zero-order valence-corrected chi connectivity index (χ0v) is 25.6. The largest absolute Gasteiger partial charge is 0.488 e. The summed E-state index contributed by atoms with van der Waals surface area (Å²) in [5.74, 6) is 1.82. The molecular formula is C42H34O2. The SMILES string of the molecule is Cc1cccc(COc2ccc3c4cc(C)ccc4c4c(OCc5cccc(C)c5)ccc5c6cc(C)ccc6c2c3c54)c1. The van der Waals surface area contributed by atoms with E-state index in [0.29, 0.717) is 13.2 Å². The van der Waals surface area contributed by atoms with Gasteiger partial charge in [0.15, 0.2) is 0 Å². The van der Waals surface area contributed by atoms with E-state index >= 15 is 0 Å². The third-order valence-electron chi connectivity index (χ3n) is 9.01. The van der Waals surface area contributed by atoms with Crippen LogP contribution in [0.15, 0.2) is 109 Å². The van der Waals surface area contributed by atoms with Gasteiger partial charge in [0.05, 0.1) is 0 Å². The van der Waals surface area contributed by atoms with E-state index in [9.17, 15) is 0 Å². The third kappa shape index (κ3) is 4.33. The van der Waals surface area contributed by atoms with Gasteiger partial charge >= 0.3 is 0 Å². The van der Waals surface area contributed by atoms with Crippen molar-refractivity contribution in [3.63, 3.8) is 0 Å². The number of hydrogen-bond donors (Lipinski definition) is 0. The van der Waals surface area contributed by atoms with E-state index in [1.807, 2.05) is 0 Å². The average molecular weight is 571 g/mol. The Balaban J connectivity index is 1.45. The van der Waals surface area contributed by atoms with Gasteiger partial charge in [-0.25, -0.2) is 0 Å². The Morgan fingerprint density at radius 1 is 0.364 bits per heavy atom. The molecule has 0 N–H and O–H groups in total. The standard InChI is InChI=1S/C42H34O2/c1-25-7-5-9-29(19-25)23-43-37-17-15-33-36-22-28(4)12-14-32(36)40-38(44-24-30-10-6-8-26(2)20-30)18-16-34-35-21-27(3)11-13-31(35)39(37)41(33)42(34)40/h5-22H,23-24H2,1-4H3. The monoisotopic (exact) mass is 570 g/mol. The molecule has 0 aromatic heterocycles. The topological polar surface area (TPSA) is 18.5 Å². The van der Waals surface area contributed by atoms with E-state index in [4.69, 9.17) is 9.47 Å². The summed E-state index contributed by atoms with van der Waals surface area (Å²) in [6.07, 6.45) is 0. The van der Waals surface area contributed by atoms with E-state index in [-0.39, 0.29) is 0 Å². The maximum absolute atomic E-state index is 6.69. The van der Waals surface area contributed by atoms with Gasteiger partial charge in [0.2, 0.25) is 0 Å². The third-order valence-corrected chi connectivity index (χ3v) is 9.01. The molecule has 0 heterocycles. The fourth-order valence-corrected chi connectivity index (χ4v) is 7.03. The zero-order valence-electron chi connectivity index (χ0n) is 25.6. The first-order chi connectivity index (χ1) is 21.4. The van der Waals surface area contributed by atoms with Crippen LogP contribution >= 0.6 is 0 Å². The number of hydrogen-bond acceptors (Lipinski definition) is 2.